The third-order valence-corrected chi connectivity index (χ3v) is 4.77. The van der Waals surface area contributed by atoms with Gasteiger partial charge in [-0.25, -0.2) is 4.79 Å². The van der Waals surface area contributed by atoms with Crippen molar-refractivity contribution in [3.05, 3.63) is 83.9 Å². The number of hydrogen-bond donors (Lipinski definition) is 0. The molecule has 2 heteroatoms. The van der Waals surface area contributed by atoms with Crippen molar-refractivity contribution in [2.24, 2.45) is 0 Å². The van der Waals surface area contributed by atoms with Crippen molar-refractivity contribution >= 4 is 27.5 Å². The van der Waals surface area contributed by atoms with Crippen LogP contribution in [0.4, 0.5) is 0 Å². The molecule has 0 saturated carbocycles. The van der Waals surface area contributed by atoms with Gasteiger partial charge in [0.2, 0.25) is 0 Å². The van der Waals surface area contributed by atoms with Crippen LogP contribution < -0.4 is 0 Å². The van der Waals surface area contributed by atoms with E-state index in [9.17, 15) is 4.79 Å². The fourth-order valence-electron chi connectivity index (χ4n) is 3.66. The largest absolute Gasteiger partial charge is 0.457 e. The summed E-state index contributed by atoms with van der Waals surface area (Å²) in [6, 6.07) is 24.6. The van der Waals surface area contributed by atoms with Crippen LogP contribution in [-0.4, -0.2) is 5.97 Å². The van der Waals surface area contributed by atoms with Gasteiger partial charge in [0.1, 0.15) is 6.61 Å². The van der Waals surface area contributed by atoms with Crippen molar-refractivity contribution in [1.82, 2.24) is 0 Å². The highest BCUT2D eigenvalue weighted by Crippen LogP contribution is 2.41. The van der Waals surface area contributed by atoms with E-state index in [4.69, 9.17) is 4.74 Å². The molecular weight excluding hydrogens is 296 g/mol. The molecule has 0 saturated heterocycles. The first-order valence-corrected chi connectivity index (χ1v) is 8.03. The normalized spacial score (nSPS) is 13.2. The molecule has 0 N–H and O–H groups in total. The van der Waals surface area contributed by atoms with Gasteiger partial charge in [0.15, 0.2) is 0 Å². The van der Waals surface area contributed by atoms with Crippen LogP contribution in [0.5, 0.6) is 0 Å². The summed E-state index contributed by atoms with van der Waals surface area (Å²) in [4.78, 5) is 12.5. The Kier molecular flexibility index (Phi) is 2.74. The van der Waals surface area contributed by atoms with Gasteiger partial charge >= 0.3 is 5.97 Å². The molecule has 0 bridgehead atoms. The first-order chi connectivity index (χ1) is 11.8. The first kappa shape index (κ1) is 13.3. The highest BCUT2D eigenvalue weighted by molar-refractivity contribution is 6.14. The van der Waals surface area contributed by atoms with Gasteiger partial charge in [0, 0.05) is 5.56 Å². The molecule has 4 aromatic rings. The third-order valence-electron chi connectivity index (χ3n) is 4.77. The van der Waals surface area contributed by atoms with E-state index in [2.05, 4.69) is 36.4 Å². The topological polar surface area (TPSA) is 26.3 Å². The number of rotatable bonds is 0. The van der Waals surface area contributed by atoms with Crippen molar-refractivity contribution in [3.8, 4) is 11.1 Å². The Morgan fingerprint density at radius 1 is 0.667 bits per heavy atom. The summed E-state index contributed by atoms with van der Waals surface area (Å²) in [6.45, 7) is 0.308. The molecule has 24 heavy (non-hydrogen) atoms. The Balaban J connectivity index is 2.03. The van der Waals surface area contributed by atoms with E-state index in [1.54, 1.807) is 0 Å². The zero-order chi connectivity index (χ0) is 16.1. The summed E-state index contributed by atoms with van der Waals surface area (Å²) < 4.78 is 5.51. The first-order valence-electron chi connectivity index (χ1n) is 8.03. The zero-order valence-electron chi connectivity index (χ0n) is 13.0. The summed E-state index contributed by atoms with van der Waals surface area (Å²) in [5, 5.41) is 4.55. The lowest BCUT2D eigenvalue weighted by Gasteiger charge is -2.14. The second-order valence-electron chi connectivity index (χ2n) is 6.11. The predicted octanol–water partition coefficient (Wildman–Crippen LogP) is 5.33. The Morgan fingerprint density at radius 2 is 1.29 bits per heavy atom. The fraction of sp³-hybridized carbons (Fsp3) is 0.0455. The summed E-state index contributed by atoms with van der Waals surface area (Å²) in [5.74, 6) is -0.254. The number of carbonyl (C=O) groups is 1. The molecule has 0 aromatic heterocycles. The van der Waals surface area contributed by atoms with Gasteiger partial charge in [0.25, 0.3) is 0 Å². The Labute approximate surface area is 139 Å². The molecular formula is C22H14O2. The van der Waals surface area contributed by atoms with E-state index in [-0.39, 0.29) is 5.97 Å². The average molecular weight is 310 g/mol. The molecule has 0 spiro atoms. The van der Waals surface area contributed by atoms with Crippen molar-refractivity contribution in [1.29, 1.82) is 0 Å². The predicted molar refractivity (Wildman–Crippen MR) is 96.0 cm³/mol. The Morgan fingerprint density at radius 3 is 2.04 bits per heavy atom. The summed E-state index contributed by atoms with van der Waals surface area (Å²) in [7, 11) is 0. The molecule has 0 aliphatic carbocycles. The number of carbonyl (C=O) groups excluding carboxylic acids is 1. The summed E-state index contributed by atoms with van der Waals surface area (Å²) >= 11 is 0. The highest BCUT2D eigenvalue weighted by atomic mass is 16.5. The summed E-state index contributed by atoms with van der Waals surface area (Å²) in [5.41, 5.74) is 3.80. The maximum atomic E-state index is 12.5. The van der Waals surface area contributed by atoms with E-state index in [0.717, 1.165) is 32.8 Å². The minimum Gasteiger partial charge on any atom is -0.457 e. The third kappa shape index (κ3) is 1.80. The van der Waals surface area contributed by atoms with Crippen LogP contribution >= 0.6 is 0 Å². The maximum Gasteiger partial charge on any atom is 0.339 e. The molecule has 0 radical (unpaired) electrons. The second-order valence-corrected chi connectivity index (χ2v) is 6.11. The number of esters is 1. The lowest BCUT2D eigenvalue weighted by molar-refractivity contribution is 0.0479. The van der Waals surface area contributed by atoms with Crippen molar-refractivity contribution < 1.29 is 9.53 Å². The Bertz CT molecular complexity index is 1130. The van der Waals surface area contributed by atoms with E-state index in [1.165, 1.54) is 5.39 Å². The van der Waals surface area contributed by atoms with Crippen LogP contribution in [-0.2, 0) is 11.3 Å². The number of fused-ring (bicyclic) bond motifs is 7. The van der Waals surface area contributed by atoms with Crippen LogP contribution in [0.3, 0.4) is 0 Å². The van der Waals surface area contributed by atoms with Crippen LogP contribution in [0.2, 0.25) is 0 Å². The summed E-state index contributed by atoms with van der Waals surface area (Å²) in [6.07, 6.45) is 0. The van der Waals surface area contributed by atoms with Gasteiger partial charge in [-0.15, -0.1) is 0 Å². The molecule has 1 aliphatic heterocycles. The smallest absolute Gasteiger partial charge is 0.339 e. The van der Waals surface area contributed by atoms with E-state index in [0.29, 0.717) is 12.2 Å². The number of cyclic esters (lactones) is 1. The van der Waals surface area contributed by atoms with Gasteiger partial charge in [-0.1, -0.05) is 66.7 Å². The molecule has 5 rings (SSSR count). The maximum absolute atomic E-state index is 12.5. The van der Waals surface area contributed by atoms with Crippen molar-refractivity contribution in [3.63, 3.8) is 0 Å². The van der Waals surface area contributed by atoms with Gasteiger partial charge in [-0.2, -0.15) is 0 Å². The number of ether oxygens (including phenoxy) is 1. The minimum absolute atomic E-state index is 0.254. The van der Waals surface area contributed by atoms with Gasteiger partial charge < -0.3 is 4.74 Å². The molecule has 1 aliphatic rings. The molecule has 1 heterocycles. The van der Waals surface area contributed by atoms with Gasteiger partial charge in [-0.3, -0.25) is 0 Å². The molecule has 114 valence electrons. The van der Waals surface area contributed by atoms with Crippen molar-refractivity contribution in [2.75, 3.05) is 0 Å². The Hall–Kier alpha value is -3.13. The molecule has 0 atom stereocenters. The molecule has 4 aromatic carbocycles. The van der Waals surface area contributed by atoms with E-state index in [1.807, 2.05) is 36.4 Å². The number of benzene rings is 4. The minimum atomic E-state index is -0.254. The average Bonchev–Trinajstić information content (AvgIpc) is 2.79. The van der Waals surface area contributed by atoms with Crippen LogP contribution in [0.25, 0.3) is 32.7 Å². The molecule has 0 amide bonds. The van der Waals surface area contributed by atoms with E-state index < -0.39 is 0 Å². The van der Waals surface area contributed by atoms with Crippen molar-refractivity contribution in [2.45, 2.75) is 6.61 Å². The second kappa shape index (κ2) is 4.93. The molecule has 2 nitrogen and oxygen atoms in total. The lowest BCUT2D eigenvalue weighted by atomic mass is 9.88. The van der Waals surface area contributed by atoms with Crippen LogP contribution in [0.1, 0.15) is 15.9 Å². The van der Waals surface area contributed by atoms with Gasteiger partial charge in [-0.05, 0) is 38.7 Å². The number of hydrogen-bond acceptors (Lipinski definition) is 2. The fourth-order valence-corrected chi connectivity index (χ4v) is 3.66. The monoisotopic (exact) mass is 310 g/mol. The SMILES string of the molecule is O=C1OCc2ccc3ccccc3c2-c2c1ccc1ccccc21. The van der Waals surface area contributed by atoms with Gasteiger partial charge in [0.05, 0.1) is 5.56 Å². The molecule has 0 fully saturated rings. The standard InChI is InChI=1S/C22H14O2/c23-22-19-12-11-15-6-2-4-8-18(15)21(19)20-16(13-24-22)10-9-14-5-1-3-7-17(14)20/h1-12H,13H2. The zero-order valence-corrected chi connectivity index (χ0v) is 13.0. The quantitative estimate of drug-likeness (QED) is 0.410. The molecule has 0 unspecified atom stereocenters. The lowest BCUT2D eigenvalue weighted by Crippen LogP contribution is -2.03. The van der Waals surface area contributed by atoms with Crippen LogP contribution in [0.15, 0.2) is 72.8 Å². The van der Waals surface area contributed by atoms with Crippen LogP contribution in [0, 0.1) is 0 Å². The highest BCUT2D eigenvalue weighted by Gasteiger charge is 2.24. The van der Waals surface area contributed by atoms with E-state index >= 15 is 0 Å².